The molecular weight excluding hydrogens is 520 g/mol. The van der Waals surface area contributed by atoms with Crippen LogP contribution in [0.2, 0.25) is 9.36 Å². The molecule has 0 amide bonds. The van der Waals surface area contributed by atoms with Gasteiger partial charge in [0.25, 0.3) is 5.69 Å². The first-order chi connectivity index (χ1) is 15.1. The van der Waals surface area contributed by atoms with Crippen molar-refractivity contribution in [2.75, 3.05) is 18.0 Å². The fraction of sp³-hybridized carbons (Fsp3) is 0.316. The molecule has 1 aliphatic heterocycles. The van der Waals surface area contributed by atoms with Gasteiger partial charge in [-0.15, -0.1) is 22.7 Å². The second-order valence-electron chi connectivity index (χ2n) is 7.26. The van der Waals surface area contributed by atoms with E-state index in [1.54, 1.807) is 6.07 Å². The fourth-order valence-corrected chi connectivity index (χ4v) is 8.16. The summed E-state index contributed by atoms with van der Waals surface area (Å²) < 4.78 is 39.3. The lowest BCUT2D eigenvalue weighted by Gasteiger charge is -2.31. The largest absolute Gasteiger partial charge is 0.348 e. The topological polar surface area (TPSA) is 93.4 Å². The number of hydrogen-bond acceptors (Lipinski definition) is 8. The summed E-state index contributed by atoms with van der Waals surface area (Å²) in [6.45, 7) is 0.987. The van der Waals surface area contributed by atoms with Crippen molar-refractivity contribution >= 4 is 66.5 Å². The molecule has 0 atom stereocenters. The van der Waals surface area contributed by atoms with Crippen molar-refractivity contribution in [1.82, 2.24) is 4.98 Å². The molecule has 0 saturated carbocycles. The van der Waals surface area contributed by atoms with Crippen LogP contribution in [0.5, 0.6) is 0 Å². The third-order valence-electron chi connectivity index (χ3n) is 5.18. The molecule has 0 N–H and O–H groups in total. The Morgan fingerprint density at radius 3 is 2.59 bits per heavy atom. The Bertz CT molecular complexity index is 1270. The first kappa shape index (κ1) is 23.4. The molecule has 0 radical (unpaired) electrons. The zero-order chi connectivity index (χ0) is 23.0. The average Bonchev–Trinajstić information content (AvgIpc) is 3.38. The molecule has 32 heavy (non-hydrogen) atoms. The van der Waals surface area contributed by atoms with E-state index in [0.717, 1.165) is 33.8 Å². The van der Waals surface area contributed by atoms with Crippen LogP contribution in [0.1, 0.15) is 24.1 Å². The Hall–Kier alpha value is -1.79. The third-order valence-corrected chi connectivity index (χ3v) is 10.5. The van der Waals surface area contributed by atoms with E-state index in [1.807, 2.05) is 10.3 Å². The van der Waals surface area contributed by atoms with Crippen molar-refractivity contribution in [1.29, 1.82) is 0 Å². The van der Waals surface area contributed by atoms with Crippen molar-refractivity contribution in [2.45, 2.75) is 28.7 Å². The van der Waals surface area contributed by atoms with Crippen LogP contribution in [0.25, 0.3) is 0 Å². The van der Waals surface area contributed by atoms with Crippen LogP contribution in [-0.2, 0) is 16.3 Å². The molecule has 0 unspecified atom stereocenters. The van der Waals surface area contributed by atoms with Gasteiger partial charge in [-0.2, -0.15) is 0 Å². The molecule has 3 heterocycles. The molecule has 1 fully saturated rings. The normalized spacial score (nSPS) is 15.3. The monoisotopic (exact) mass is 535 g/mol. The maximum Gasteiger partial charge on any atom is 0.300 e. The first-order valence-electron chi connectivity index (χ1n) is 9.46. The lowest BCUT2D eigenvalue weighted by atomic mass is 10.1. The third kappa shape index (κ3) is 4.76. The smallest absolute Gasteiger partial charge is 0.300 e. The molecule has 13 heteroatoms. The molecule has 0 spiro atoms. The lowest BCUT2D eigenvalue weighted by molar-refractivity contribution is -0.384. The Balaban J connectivity index is 1.41. The van der Waals surface area contributed by atoms with Gasteiger partial charge in [-0.05, 0) is 30.5 Å². The Labute approximate surface area is 201 Å². The second-order valence-corrected chi connectivity index (χ2v) is 12.6. The molecule has 3 aromatic rings. The van der Waals surface area contributed by atoms with E-state index < -0.39 is 25.8 Å². The van der Waals surface area contributed by atoms with Crippen LogP contribution < -0.4 is 4.90 Å². The SMILES string of the molecule is O=[N+]([O-])c1cc(S(=O)(=O)C2CCN(c3nc(Cc4ccc(Cl)c(F)c4)cs3)CC2)sc1Cl. The predicted molar refractivity (Wildman–Crippen MR) is 125 cm³/mol. The van der Waals surface area contributed by atoms with Gasteiger partial charge in [0.1, 0.15) is 10.0 Å². The minimum absolute atomic E-state index is 0.0700. The van der Waals surface area contributed by atoms with Gasteiger partial charge in [0.2, 0.25) is 0 Å². The van der Waals surface area contributed by atoms with Crippen LogP contribution in [0.15, 0.2) is 33.9 Å². The maximum absolute atomic E-state index is 13.6. The summed E-state index contributed by atoms with van der Waals surface area (Å²) >= 11 is 13.7. The predicted octanol–water partition coefficient (Wildman–Crippen LogP) is 5.59. The van der Waals surface area contributed by atoms with Gasteiger partial charge in [-0.1, -0.05) is 29.3 Å². The summed E-state index contributed by atoms with van der Waals surface area (Å²) in [5, 5.41) is 13.1. The van der Waals surface area contributed by atoms with E-state index in [-0.39, 0.29) is 19.3 Å². The fourth-order valence-electron chi connectivity index (χ4n) is 3.51. The average molecular weight is 536 g/mol. The van der Waals surface area contributed by atoms with Crippen molar-refractivity contribution < 1.29 is 17.7 Å². The van der Waals surface area contributed by atoms with E-state index in [4.69, 9.17) is 23.2 Å². The minimum Gasteiger partial charge on any atom is -0.348 e. The van der Waals surface area contributed by atoms with Crippen molar-refractivity contribution in [3.05, 3.63) is 66.2 Å². The molecule has 0 aliphatic carbocycles. The molecule has 0 bridgehead atoms. The maximum atomic E-state index is 13.6. The minimum atomic E-state index is -3.71. The number of benzene rings is 1. The number of aromatic nitrogens is 1. The van der Waals surface area contributed by atoms with Crippen molar-refractivity contribution in [2.24, 2.45) is 0 Å². The number of piperidine rings is 1. The number of nitro groups is 1. The summed E-state index contributed by atoms with van der Waals surface area (Å²) in [5.41, 5.74) is 1.17. The van der Waals surface area contributed by atoms with Crippen LogP contribution in [0.3, 0.4) is 0 Å². The number of sulfone groups is 1. The Morgan fingerprint density at radius 1 is 1.25 bits per heavy atom. The highest BCUT2D eigenvalue weighted by Gasteiger charge is 2.35. The summed E-state index contributed by atoms with van der Waals surface area (Å²) in [4.78, 5) is 16.9. The molecule has 4 rings (SSSR count). The molecule has 7 nitrogen and oxygen atoms in total. The molecule has 2 aromatic heterocycles. The summed E-state index contributed by atoms with van der Waals surface area (Å²) in [6.07, 6.45) is 1.22. The number of anilines is 1. The van der Waals surface area contributed by atoms with Crippen molar-refractivity contribution in [3.63, 3.8) is 0 Å². The van der Waals surface area contributed by atoms with Gasteiger partial charge in [0.05, 0.1) is 20.9 Å². The quantitative estimate of drug-likeness (QED) is 0.301. The summed E-state index contributed by atoms with van der Waals surface area (Å²) in [7, 11) is -3.71. The number of rotatable bonds is 6. The highest BCUT2D eigenvalue weighted by Crippen LogP contribution is 2.39. The van der Waals surface area contributed by atoms with Crippen LogP contribution in [-0.4, -0.2) is 36.7 Å². The second kappa shape index (κ2) is 9.22. The molecule has 1 saturated heterocycles. The van der Waals surface area contributed by atoms with Crippen LogP contribution >= 0.6 is 45.9 Å². The first-order valence-corrected chi connectivity index (χ1v) is 13.5. The van der Waals surface area contributed by atoms with Gasteiger partial charge in [-0.25, -0.2) is 17.8 Å². The van der Waals surface area contributed by atoms with E-state index in [2.05, 4.69) is 4.98 Å². The number of halogens is 3. The van der Waals surface area contributed by atoms with Gasteiger partial charge in [0, 0.05) is 31.0 Å². The molecular formula is C19H16Cl2FN3O4S3. The van der Waals surface area contributed by atoms with Gasteiger partial charge < -0.3 is 4.90 Å². The highest BCUT2D eigenvalue weighted by atomic mass is 35.5. The zero-order valence-electron chi connectivity index (χ0n) is 16.3. The van der Waals surface area contributed by atoms with E-state index in [0.29, 0.717) is 32.4 Å². The molecule has 1 aliphatic rings. The van der Waals surface area contributed by atoms with E-state index in [9.17, 15) is 22.9 Å². The number of nitrogens with zero attached hydrogens (tertiary/aromatic N) is 3. The molecule has 1 aromatic carbocycles. The van der Waals surface area contributed by atoms with E-state index in [1.165, 1.54) is 23.5 Å². The number of thiophene rings is 1. The summed E-state index contributed by atoms with van der Waals surface area (Å²) in [6, 6.07) is 5.70. The standard InChI is InChI=1S/C19H16Cl2FN3O4S3/c20-14-2-1-11(8-15(14)22)7-12-10-30-19(23-12)24-5-3-13(4-6-24)32(28,29)17-9-16(25(26)27)18(21)31-17/h1-2,8-10,13H,3-7H2. The van der Waals surface area contributed by atoms with Gasteiger partial charge in [-0.3, -0.25) is 10.1 Å². The Kier molecular flexibility index (Phi) is 6.73. The van der Waals surface area contributed by atoms with Gasteiger partial charge in [0.15, 0.2) is 19.3 Å². The summed E-state index contributed by atoms with van der Waals surface area (Å²) in [5.74, 6) is -0.472. The number of hydrogen-bond donors (Lipinski definition) is 0. The zero-order valence-corrected chi connectivity index (χ0v) is 20.3. The van der Waals surface area contributed by atoms with Crippen LogP contribution in [0.4, 0.5) is 15.2 Å². The highest BCUT2D eigenvalue weighted by molar-refractivity contribution is 7.94. The molecule has 170 valence electrons. The van der Waals surface area contributed by atoms with E-state index >= 15 is 0 Å². The van der Waals surface area contributed by atoms with Crippen LogP contribution in [0, 0.1) is 15.9 Å². The number of thiazole rings is 1. The Morgan fingerprint density at radius 2 is 1.97 bits per heavy atom. The van der Waals surface area contributed by atoms with Gasteiger partial charge >= 0.3 is 0 Å². The lowest BCUT2D eigenvalue weighted by Crippen LogP contribution is -2.39. The van der Waals surface area contributed by atoms with Crippen molar-refractivity contribution in [3.8, 4) is 0 Å².